The number of carbonyl (C=O) groups is 1. The summed E-state index contributed by atoms with van der Waals surface area (Å²) in [6, 6.07) is 0. The van der Waals surface area contributed by atoms with Crippen molar-refractivity contribution >= 4 is 14.3 Å². The quantitative estimate of drug-likeness (QED) is 0.551. The molecule has 0 unspecified atom stereocenters. The molecule has 0 aromatic carbocycles. The predicted octanol–water partition coefficient (Wildman–Crippen LogP) is 3.34. The average Bonchev–Trinajstić information content (AvgIpc) is 2.38. The highest BCUT2D eigenvalue weighted by molar-refractivity contribution is 6.74. The number of hydrogen-bond donors (Lipinski definition) is 0. The van der Waals surface area contributed by atoms with Crippen LogP contribution >= 0.6 is 0 Å². The minimum Gasteiger partial charge on any atom is -0.466 e. The molecule has 1 saturated heterocycles. The molecule has 0 bridgehead atoms. The minimum absolute atomic E-state index is 0.0139. The molecule has 6 heteroatoms. The first-order valence-electron chi connectivity index (χ1n) is 8.13. The van der Waals surface area contributed by atoms with Gasteiger partial charge in [0.2, 0.25) is 0 Å². The first kappa shape index (κ1) is 19.6. The lowest BCUT2D eigenvalue weighted by Crippen LogP contribution is -2.47. The van der Waals surface area contributed by atoms with Gasteiger partial charge in [-0.05, 0) is 32.0 Å². The standard InChI is InChI=1S/C16H32O5Si/c1-8-18-15(17)9-13-10-19-12(2)21-14(13)11-20-22(6,7)16(3,4)5/h12-14H,8-11H2,1-7H3/t12-,13+,14+/m1/s1. The summed E-state index contributed by atoms with van der Waals surface area (Å²) in [6.07, 6.45) is -0.0692. The second-order valence-electron chi connectivity index (χ2n) is 7.42. The van der Waals surface area contributed by atoms with Gasteiger partial charge in [-0.1, -0.05) is 20.8 Å². The Labute approximate surface area is 135 Å². The smallest absolute Gasteiger partial charge is 0.306 e. The third-order valence-corrected chi connectivity index (χ3v) is 9.09. The van der Waals surface area contributed by atoms with Crippen LogP contribution in [0.5, 0.6) is 0 Å². The number of hydrogen-bond acceptors (Lipinski definition) is 5. The fraction of sp³-hybridized carbons (Fsp3) is 0.938. The molecule has 1 fully saturated rings. The van der Waals surface area contributed by atoms with Crippen LogP contribution in [0.15, 0.2) is 0 Å². The predicted molar refractivity (Wildman–Crippen MR) is 88.2 cm³/mol. The lowest BCUT2D eigenvalue weighted by atomic mass is 9.99. The first-order valence-corrected chi connectivity index (χ1v) is 11.0. The molecule has 1 heterocycles. The third kappa shape index (κ3) is 5.65. The summed E-state index contributed by atoms with van der Waals surface area (Å²) in [5, 5.41) is 0.153. The molecule has 0 amide bonds. The van der Waals surface area contributed by atoms with Crippen LogP contribution in [0.1, 0.15) is 41.0 Å². The van der Waals surface area contributed by atoms with Crippen molar-refractivity contribution in [1.29, 1.82) is 0 Å². The Morgan fingerprint density at radius 3 is 2.50 bits per heavy atom. The summed E-state index contributed by atoms with van der Waals surface area (Å²) in [5.74, 6) is -0.216. The molecule has 5 nitrogen and oxygen atoms in total. The number of ether oxygens (including phenoxy) is 3. The Morgan fingerprint density at radius 2 is 1.95 bits per heavy atom. The van der Waals surface area contributed by atoms with E-state index in [4.69, 9.17) is 18.6 Å². The lowest BCUT2D eigenvalue weighted by molar-refractivity contribution is -0.235. The van der Waals surface area contributed by atoms with Crippen molar-refractivity contribution in [2.24, 2.45) is 5.92 Å². The molecular weight excluding hydrogens is 300 g/mol. The summed E-state index contributed by atoms with van der Waals surface area (Å²) in [5.41, 5.74) is 0. The van der Waals surface area contributed by atoms with Gasteiger partial charge in [-0.15, -0.1) is 0 Å². The van der Waals surface area contributed by atoms with Gasteiger partial charge < -0.3 is 18.6 Å². The van der Waals surface area contributed by atoms with Crippen LogP contribution in [-0.2, 0) is 23.4 Å². The largest absolute Gasteiger partial charge is 0.466 e. The molecular formula is C16H32O5Si. The minimum atomic E-state index is -1.83. The molecule has 3 atom stereocenters. The normalized spacial score (nSPS) is 26.8. The van der Waals surface area contributed by atoms with Crippen molar-refractivity contribution in [3.8, 4) is 0 Å². The molecule has 1 aliphatic rings. The van der Waals surface area contributed by atoms with Gasteiger partial charge in [-0.2, -0.15) is 0 Å². The molecule has 0 aliphatic carbocycles. The van der Waals surface area contributed by atoms with Gasteiger partial charge >= 0.3 is 5.97 Å². The molecule has 0 N–H and O–H groups in total. The molecule has 1 rings (SSSR count). The highest BCUT2D eigenvalue weighted by atomic mass is 28.4. The number of carbonyl (C=O) groups excluding carboxylic acids is 1. The summed E-state index contributed by atoms with van der Waals surface area (Å²) in [4.78, 5) is 11.7. The van der Waals surface area contributed by atoms with Crippen LogP contribution in [0, 0.1) is 5.92 Å². The summed E-state index contributed by atoms with van der Waals surface area (Å²) in [7, 11) is -1.83. The average molecular weight is 333 g/mol. The first-order chi connectivity index (χ1) is 10.1. The van der Waals surface area contributed by atoms with Crippen molar-refractivity contribution in [2.45, 2.75) is 71.6 Å². The van der Waals surface area contributed by atoms with E-state index in [1.807, 2.05) is 13.8 Å². The SMILES string of the molecule is CCOC(=O)C[C@H]1CO[C@@H](C)O[C@H]1CO[Si](C)(C)C(C)(C)C. The summed E-state index contributed by atoms with van der Waals surface area (Å²) in [6.45, 7) is 16.2. The van der Waals surface area contributed by atoms with Crippen molar-refractivity contribution in [3.63, 3.8) is 0 Å². The van der Waals surface area contributed by atoms with Crippen molar-refractivity contribution in [3.05, 3.63) is 0 Å². The maximum atomic E-state index is 11.7. The van der Waals surface area contributed by atoms with E-state index < -0.39 is 8.32 Å². The second-order valence-corrected chi connectivity index (χ2v) is 12.2. The highest BCUT2D eigenvalue weighted by Crippen LogP contribution is 2.37. The van der Waals surface area contributed by atoms with Gasteiger partial charge in [0.25, 0.3) is 0 Å². The van der Waals surface area contributed by atoms with Gasteiger partial charge in [0.1, 0.15) is 0 Å². The number of esters is 1. The molecule has 1 aliphatic heterocycles. The van der Waals surface area contributed by atoms with Gasteiger partial charge in [0.15, 0.2) is 14.6 Å². The van der Waals surface area contributed by atoms with Gasteiger partial charge in [0, 0.05) is 5.92 Å². The maximum absolute atomic E-state index is 11.7. The van der Waals surface area contributed by atoms with Crippen LogP contribution in [0.4, 0.5) is 0 Å². The molecule has 0 saturated carbocycles. The highest BCUT2D eigenvalue weighted by Gasteiger charge is 2.40. The fourth-order valence-electron chi connectivity index (χ4n) is 2.07. The van der Waals surface area contributed by atoms with E-state index in [-0.39, 0.29) is 29.3 Å². The summed E-state index contributed by atoms with van der Waals surface area (Å²) >= 11 is 0. The lowest BCUT2D eigenvalue weighted by Gasteiger charge is -2.40. The monoisotopic (exact) mass is 332 g/mol. The molecule has 130 valence electrons. The Bertz CT molecular complexity index is 364. The molecule has 0 aromatic rings. The zero-order valence-corrected chi connectivity index (χ0v) is 16.1. The fourth-order valence-corrected chi connectivity index (χ4v) is 3.08. The van der Waals surface area contributed by atoms with Crippen LogP contribution in [0.2, 0.25) is 18.1 Å². The van der Waals surface area contributed by atoms with E-state index >= 15 is 0 Å². The number of rotatable bonds is 6. The second kappa shape index (κ2) is 7.90. The van der Waals surface area contributed by atoms with E-state index in [2.05, 4.69) is 33.9 Å². The van der Waals surface area contributed by atoms with E-state index in [9.17, 15) is 4.79 Å². The Morgan fingerprint density at radius 1 is 1.32 bits per heavy atom. The van der Waals surface area contributed by atoms with Crippen LogP contribution < -0.4 is 0 Å². The molecule has 0 radical (unpaired) electrons. The Hall–Kier alpha value is -0.433. The van der Waals surface area contributed by atoms with Crippen LogP contribution in [0.25, 0.3) is 0 Å². The van der Waals surface area contributed by atoms with E-state index in [0.29, 0.717) is 26.2 Å². The van der Waals surface area contributed by atoms with Gasteiger partial charge in [-0.25, -0.2) is 0 Å². The Balaban J connectivity index is 2.64. The van der Waals surface area contributed by atoms with Crippen molar-refractivity contribution in [2.75, 3.05) is 19.8 Å². The van der Waals surface area contributed by atoms with Crippen LogP contribution in [-0.4, -0.2) is 46.5 Å². The molecule has 0 aromatic heterocycles. The molecule has 22 heavy (non-hydrogen) atoms. The summed E-state index contributed by atoms with van der Waals surface area (Å²) < 4.78 is 22.7. The maximum Gasteiger partial charge on any atom is 0.306 e. The van der Waals surface area contributed by atoms with Gasteiger partial charge in [-0.3, -0.25) is 4.79 Å². The topological polar surface area (TPSA) is 54.0 Å². The van der Waals surface area contributed by atoms with E-state index in [1.54, 1.807) is 0 Å². The van der Waals surface area contributed by atoms with Crippen molar-refractivity contribution in [1.82, 2.24) is 0 Å². The van der Waals surface area contributed by atoms with E-state index in [0.717, 1.165) is 0 Å². The van der Waals surface area contributed by atoms with Crippen LogP contribution in [0.3, 0.4) is 0 Å². The van der Waals surface area contributed by atoms with Crippen molar-refractivity contribution < 1.29 is 23.4 Å². The van der Waals surface area contributed by atoms with Gasteiger partial charge in [0.05, 0.1) is 32.3 Å². The molecule has 0 spiro atoms. The zero-order valence-electron chi connectivity index (χ0n) is 15.1. The third-order valence-electron chi connectivity index (χ3n) is 4.59. The van der Waals surface area contributed by atoms with E-state index in [1.165, 1.54) is 0 Å². The zero-order chi connectivity index (χ0) is 17.0. The Kier molecular flexibility index (Phi) is 7.04.